The van der Waals surface area contributed by atoms with E-state index in [0.717, 1.165) is 0 Å². The van der Waals surface area contributed by atoms with Crippen molar-refractivity contribution in [3.63, 3.8) is 0 Å². The van der Waals surface area contributed by atoms with Crippen LogP contribution < -0.4 is 0 Å². The fraction of sp³-hybridized carbons (Fsp3) is 0.500. The lowest BCUT2D eigenvalue weighted by Crippen LogP contribution is -2.22. The van der Waals surface area contributed by atoms with Crippen LogP contribution in [0.4, 0.5) is 0 Å². The van der Waals surface area contributed by atoms with Crippen molar-refractivity contribution in [2.45, 2.75) is 13.0 Å². The van der Waals surface area contributed by atoms with Gasteiger partial charge >= 0.3 is 5.97 Å². The average molecular weight is 293 g/mol. The number of esters is 1. The SMILES string of the molecule is CCOC(=O)[C@@H](C#N)C=NC[C@@H](c1cccs1)N(C)C. The summed E-state index contributed by atoms with van der Waals surface area (Å²) in [5.74, 6) is -1.47. The van der Waals surface area contributed by atoms with Gasteiger partial charge in [-0.15, -0.1) is 11.3 Å². The molecular weight excluding hydrogens is 274 g/mol. The third kappa shape index (κ3) is 4.76. The minimum absolute atomic E-state index is 0.146. The quantitative estimate of drug-likeness (QED) is 0.570. The van der Waals surface area contributed by atoms with Crippen molar-refractivity contribution in [3.8, 4) is 6.07 Å². The maximum atomic E-state index is 11.5. The first-order valence-electron chi connectivity index (χ1n) is 6.36. The van der Waals surface area contributed by atoms with Gasteiger partial charge in [-0.25, -0.2) is 0 Å². The van der Waals surface area contributed by atoms with Crippen molar-refractivity contribution in [2.24, 2.45) is 10.9 Å². The molecule has 0 amide bonds. The Morgan fingerprint density at radius 2 is 2.40 bits per heavy atom. The highest BCUT2D eigenvalue weighted by molar-refractivity contribution is 7.10. The average Bonchev–Trinajstić information content (AvgIpc) is 2.92. The Balaban J connectivity index is 2.65. The Hall–Kier alpha value is -1.71. The first-order valence-corrected chi connectivity index (χ1v) is 7.24. The molecule has 1 rings (SSSR count). The van der Waals surface area contributed by atoms with Crippen LogP contribution in [0.2, 0.25) is 0 Å². The van der Waals surface area contributed by atoms with E-state index >= 15 is 0 Å². The molecule has 1 heterocycles. The minimum atomic E-state index is -0.930. The molecule has 0 bridgehead atoms. The zero-order valence-corrected chi connectivity index (χ0v) is 12.8. The summed E-state index contributed by atoms with van der Waals surface area (Å²) in [5, 5.41) is 11.0. The molecule has 0 radical (unpaired) electrons. The van der Waals surface area contributed by atoms with Gasteiger partial charge < -0.3 is 9.64 Å². The second kappa shape index (κ2) is 8.46. The van der Waals surface area contributed by atoms with Gasteiger partial charge in [0.05, 0.1) is 25.3 Å². The summed E-state index contributed by atoms with van der Waals surface area (Å²) < 4.78 is 4.81. The molecule has 5 nitrogen and oxygen atoms in total. The molecule has 1 aromatic rings. The molecule has 6 heteroatoms. The van der Waals surface area contributed by atoms with Crippen molar-refractivity contribution in [1.29, 1.82) is 5.26 Å². The molecule has 0 spiro atoms. The minimum Gasteiger partial charge on any atom is -0.465 e. The molecule has 20 heavy (non-hydrogen) atoms. The van der Waals surface area contributed by atoms with Crippen LogP contribution in [-0.4, -0.2) is 44.3 Å². The van der Waals surface area contributed by atoms with Gasteiger partial charge in [0.1, 0.15) is 0 Å². The van der Waals surface area contributed by atoms with Gasteiger partial charge in [-0.05, 0) is 32.5 Å². The molecule has 0 aliphatic heterocycles. The highest BCUT2D eigenvalue weighted by Crippen LogP contribution is 2.23. The number of carbonyl (C=O) groups is 1. The van der Waals surface area contributed by atoms with Gasteiger partial charge in [0.25, 0.3) is 0 Å². The van der Waals surface area contributed by atoms with Gasteiger partial charge in [-0.3, -0.25) is 9.79 Å². The van der Waals surface area contributed by atoms with Crippen molar-refractivity contribution in [2.75, 3.05) is 27.2 Å². The van der Waals surface area contributed by atoms with Crippen LogP contribution in [0.5, 0.6) is 0 Å². The molecule has 108 valence electrons. The van der Waals surface area contributed by atoms with Gasteiger partial charge in [0.15, 0.2) is 5.92 Å². The van der Waals surface area contributed by atoms with E-state index in [0.29, 0.717) is 6.54 Å². The fourth-order valence-corrected chi connectivity index (χ4v) is 2.55. The third-order valence-corrected chi connectivity index (χ3v) is 3.68. The van der Waals surface area contributed by atoms with Crippen LogP contribution in [0.3, 0.4) is 0 Å². The summed E-state index contributed by atoms with van der Waals surface area (Å²) in [5.41, 5.74) is 0. The first-order chi connectivity index (χ1) is 9.60. The largest absolute Gasteiger partial charge is 0.465 e. The number of ether oxygens (including phenoxy) is 1. The maximum Gasteiger partial charge on any atom is 0.328 e. The van der Waals surface area contributed by atoms with E-state index in [1.807, 2.05) is 31.6 Å². The number of rotatable bonds is 7. The van der Waals surface area contributed by atoms with E-state index in [9.17, 15) is 4.79 Å². The summed E-state index contributed by atoms with van der Waals surface area (Å²) in [6.07, 6.45) is 1.38. The zero-order valence-electron chi connectivity index (χ0n) is 11.9. The highest BCUT2D eigenvalue weighted by Gasteiger charge is 2.18. The predicted octanol–water partition coefficient (Wildman–Crippen LogP) is 2.12. The molecule has 0 unspecified atom stereocenters. The van der Waals surface area contributed by atoms with Crippen molar-refractivity contribution < 1.29 is 9.53 Å². The number of thiophene rings is 1. The van der Waals surface area contributed by atoms with Crippen LogP contribution >= 0.6 is 11.3 Å². The molecule has 0 aliphatic carbocycles. The van der Waals surface area contributed by atoms with Crippen molar-refractivity contribution in [3.05, 3.63) is 22.4 Å². The van der Waals surface area contributed by atoms with Gasteiger partial charge in [-0.1, -0.05) is 6.07 Å². The lowest BCUT2D eigenvalue weighted by molar-refractivity contribution is -0.143. The Morgan fingerprint density at radius 3 is 2.90 bits per heavy atom. The normalized spacial score (nSPS) is 14.2. The number of hydrogen-bond acceptors (Lipinski definition) is 6. The van der Waals surface area contributed by atoms with Crippen molar-refractivity contribution >= 4 is 23.5 Å². The third-order valence-electron chi connectivity index (χ3n) is 2.71. The monoisotopic (exact) mass is 293 g/mol. The van der Waals surface area contributed by atoms with E-state index in [4.69, 9.17) is 10.00 Å². The predicted molar refractivity (Wildman–Crippen MR) is 79.8 cm³/mol. The van der Waals surface area contributed by atoms with E-state index in [1.54, 1.807) is 18.3 Å². The lowest BCUT2D eigenvalue weighted by Gasteiger charge is -2.21. The van der Waals surface area contributed by atoms with E-state index in [-0.39, 0.29) is 12.6 Å². The fourth-order valence-electron chi connectivity index (χ4n) is 1.63. The van der Waals surface area contributed by atoms with Gasteiger partial charge in [-0.2, -0.15) is 5.26 Å². The van der Waals surface area contributed by atoms with Crippen LogP contribution in [0, 0.1) is 17.2 Å². The summed E-state index contributed by atoms with van der Waals surface area (Å²) >= 11 is 1.67. The standard InChI is InChI=1S/C14H19N3O2S/c1-4-19-14(18)11(8-15)9-16-10-12(17(2)3)13-6-5-7-20-13/h5-7,9,11-12H,4,10H2,1-3H3/t11-,12-/m0/s1. The molecule has 2 atom stereocenters. The van der Waals surface area contributed by atoms with Crippen LogP contribution in [0.15, 0.2) is 22.5 Å². The first kappa shape index (κ1) is 16.3. The summed E-state index contributed by atoms with van der Waals surface area (Å²) in [7, 11) is 3.96. The van der Waals surface area contributed by atoms with Crippen LogP contribution in [0.1, 0.15) is 17.8 Å². The molecule has 0 aliphatic rings. The molecular formula is C14H19N3O2S. The smallest absolute Gasteiger partial charge is 0.328 e. The van der Waals surface area contributed by atoms with Gasteiger partial charge in [0.2, 0.25) is 0 Å². The number of carbonyl (C=O) groups excluding carboxylic acids is 1. The zero-order chi connectivity index (χ0) is 15.0. The van der Waals surface area contributed by atoms with E-state index < -0.39 is 11.9 Å². The second-order valence-corrected chi connectivity index (χ2v) is 5.35. The molecule has 0 fully saturated rings. The number of hydrogen-bond donors (Lipinski definition) is 0. The Kier molecular flexibility index (Phi) is 6.91. The highest BCUT2D eigenvalue weighted by atomic mass is 32.1. The molecule has 0 N–H and O–H groups in total. The molecule has 1 aromatic heterocycles. The molecule has 0 aromatic carbocycles. The molecule has 0 saturated carbocycles. The number of likely N-dealkylation sites (N-methyl/N-ethyl adjacent to an activating group) is 1. The Morgan fingerprint density at radius 1 is 1.65 bits per heavy atom. The topological polar surface area (TPSA) is 65.7 Å². The summed E-state index contributed by atoms with van der Waals surface area (Å²) in [6.45, 7) is 2.48. The number of nitriles is 1. The van der Waals surface area contributed by atoms with Gasteiger partial charge in [0, 0.05) is 11.1 Å². The van der Waals surface area contributed by atoms with Crippen LogP contribution in [0.25, 0.3) is 0 Å². The Bertz CT molecular complexity index is 477. The number of aliphatic imine (C=N–C) groups is 1. The molecule has 0 saturated heterocycles. The summed E-state index contributed by atoms with van der Waals surface area (Å²) in [4.78, 5) is 19.0. The maximum absolute atomic E-state index is 11.5. The van der Waals surface area contributed by atoms with Crippen molar-refractivity contribution in [1.82, 2.24) is 4.90 Å². The second-order valence-electron chi connectivity index (χ2n) is 4.37. The van der Waals surface area contributed by atoms with E-state index in [2.05, 4.69) is 16.0 Å². The van der Waals surface area contributed by atoms with Crippen LogP contribution in [-0.2, 0) is 9.53 Å². The summed E-state index contributed by atoms with van der Waals surface area (Å²) in [6, 6.07) is 6.09. The number of nitrogens with zero attached hydrogens (tertiary/aromatic N) is 3. The lowest BCUT2D eigenvalue weighted by atomic mass is 10.2. The Labute approximate surface area is 123 Å². The van der Waals surface area contributed by atoms with E-state index in [1.165, 1.54) is 11.1 Å².